The lowest BCUT2D eigenvalue weighted by Gasteiger charge is -2.09. The van der Waals surface area contributed by atoms with Crippen LogP contribution in [0.3, 0.4) is 0 Å². The van der Waals surface area contributed by atoms with E-state index in [1.54, 1.807) is 6.20 Å². The molecule has 7 nitrogen and oxygen atoms in total. The molecule has 0 aliphatic heterocycles. The van der Waals surface area contributed by atoms with Crippen molar-refractivity contribution in [1.82, 2.24) is 4.98 Å². The lowest BCUT2D eigenvalue weighted by atomic mass is 10.3. The maximum absolute atomic E-state index is 11.8. The summed E-state index contributed by atoms with van der Waals surface area (Å²) in [5.41, 5.74) is 0.0868. The normalized spacial score (nSPS) is 11.3. The minimum Gasteiger partial charge on any atom is -0.379 e. The predicted molar refractivity (Wildman–Crippen MR) is 80.4 cm³/mol. The van der Waals surface area contributed by atoms with Gasteiger partial charge in [-0.25, -0.2) is 13.4 Å². The Morgan fingerprint density at radius 1 is 1.43 bits per heavy atom. The van der Waals surface area contributed by atoms with Gasteiger partial charge in [-0.05, 0) is 13.0 Å². The lowest BCUT2D eigenvalue weighted by molar-refractivity contribution is -0.385. The number of nitro benzene ring substituents is 1. The smallest absolute Gasteiger partial charge is 0.270 e. The van der Waals surface area contributed by atoms with Gasteiger partial charge < -0.3 is 5.32 Å². The fourth-order valence-corrected chi connectivity index (χ4v) is 3.36. The molecule has 0 radical (unpaired) electrons. The summed E-state index contributed by atoms with van der Waals surface area (Å²) >= 11 is 1.50. The van der Waals surface area contributed by atoms with Gasteiger partial charge in [-0.1, -0.05) is 0 Å². The van der Waals surface area contributed by atoms with Crippen molar-refractivity contribution in [2.45, 2.75) is 18.4 Å². The number of nitrogens with zero attached hydrogens (tertiary/aromatic N) is 2. The van der Waals surface area contributed by atoms with Gasteiger partial charge in [0.15, 0.2) is 9.84 Å². The van der Waals surface area contributed by atoms with Crippen LogP contribution in [0, 0.1) is 17.0 Å². The van der Waals surface area contributed by atoms with Crippen molar-refractivity contribution in [3.63, 3.8) is 0 Å². The number of rotatable bonds is 5. The van der Waals surface area contributed by atoms with E-state index in [-0.39, 0.29) is 10.6 Å². The first-order chi connectivity index (χ1) is 9.77. The van der Waals surface area contributed by atoms with Gasteiger partial charge in [0, 0.05) is 29.5 Å². The molecule has 0 bridgehead atoms. The highest BCUT2D eigenvalue weighted by atomic mass is 32.2. The van der Waals surface area contributed by atoms with Crippen molar-refractivity contribution >= 4 is 32.5 Å². The van der Waals surface area contributed by atoms with Crippen molar-refractivity contribution in [2.75, 3.05) is 11.6 Å². The Bertz CT molecular complexity index is 784. The topological polar surface area (TPSA) is 102 Å². The molecule has 9 heteroatoms. The molecule has 21 heavy (non-hydrogen) atoms. The molecule has 0 saturated carbocycles. The van der Waals surface area contributed by atoms with E-state index in [0.717, 1.165) is 22.2 Å². The number of sulfone groups is 1. The van der Waals surface area contributed by atoms with E-state index in [1.165, 1.54) is 23.5 Å². The summed E-state index contributed by atoms with van der Waals surface area (Å²) in [6.07, 6.45) is 2.73. The van der Waals surface area contributed by atoms with Crippen molar-refractivity contribution in [1.29, 1.82) is 0 Å². The first kappa shape index (κ1) is 15.4. The van der Waals surface area contributed by atoms with Gasteiger partial charge in [-0.3, -0.25) is 10.1 Å². The molecule has 1 heterocycles. The van der Waals surface area contributed by atoms with E-state index in [1.807, 2.05) is 6.92 Å². The van der Waals surface area contributed by atoms with Crippen molar-refractivity contribution in [3.05, 3.63) is 44.4 Å². The molecular weight excluding hydrogens is 314 g/mol. The summed E-state index contributed by atoms with van der Waals surface area (Å²) in [6.45, 7) is 2.29. The van der Waals surface area contributed by atoms with Crippen LogP contribution in [0.25, 0.3) is 0 Å². The SMILES string of the molecule is Cc1ncc(CNc2ccc([N+](=O)[O-])cc2S(C)(=O)=O)s1. The van der Waals surface area contributed by atoms with Crippen molar-refractivity contribution in [2.24, 2.45) is 0 Å². The van der Waals surface area contributed by atoms with E-state index >= 15 is 0 Å². The molecule has 1 N–H and O–H groups in total. The molecule has 112 valence electrons. The van der Waals surface area contributed by atoms with Crippen molar-refractivity contribution < 1.29 is 13.3 Å². The number of aromatic nitrogens is 1. The highest BCUT2D eigenvalue weighted by Gasteiger charge is 2.18. The number of hydrogen-bond acceptors (Lipinski definition) is 7. The zero-order valence-electron chi connectivity index (χ0n) is 11.4. The summed E-state index contributed by atoms with van der Waals surface area (Å²) in [7, 11) is -3.57. The maximum Gasteiger partial charge on any atom is 0.270 e. The van der Waals surface area contributed by atoms with Crippen LogP contribution in [0.4, 0.5) is 11.4 Å². The zero-order chi connectivity index (χ0) is 15.6. The molecule has 1 aromatic heterocycles. The molecule has 0 aliphatic carbocycles. The molecule has 0 spiro atoms. The van der Waals surface area contributed by atoms with Gasteiger partial charge >= 0.3 is 0 Å². The first-order valence-corrected chi connectivity index (χ1v) is 8.62. The van der Waals surface area contributed by atoms with Gasteiger partial charge in [0.1, 0.15) is 0 Å². The van der Waals surface area contributed by atoms with Gasteiger partial charge in [-0.2, -0.15) is 0 Å². The molecule has 1 aromatic carbocycles. The quantitative estimate of drug-likeness (QED) is 0.668. The fraction of sp³-hybridized carbons (Fsp3) is 0.250. The van der Waals surface area contributed by atoms with Crippen LogP contribution in [0.5, 0.6) is 0 Å². The van der Waals surface area contributed by atoms with E-state index in [2.05, 4.69) is 10.3 Å². The second kappa shape index (κ2) is 5.78. The Morgan fingerprint density at radius 2 is 2.14 bits per heavy atom. The van der Waals surface area contributed by atoms with Crippen LogP contribution < -0.4 is 5.32 Å². The lowest BCUT2D eigenvalue weighted by Crippen LogP contribution is -2.06. The van der Waals surface area contributed by atoms with E-state index in [0.29, 0.717) is 12.2 Å². The summed E-state index contributed by atoms with van der Waals surface area (Å²) in [5, 5.41) is 14.7. The van der Waals surface area contributed by atoms with Gasteiger partial charge in [0.2, 0.25) is 0 Å². The highest BCUT2D eigenvalue weighted by Crippen LogP contribution is 2.27. The van der Waals surface area contributed by atoms with Crippen LogP contribution in [0.2, 0.25) is 0 Å². The summed E-state index contributed by atoms with van der Waals surface area (Å²) in [6, 6.07) is 3.74. The summed E-state index contributed by atoms with van der Waals surface area (Å²) in [4.78, 5) is 15.1. The van der Waals surface area contributed by atoms with Crippen LogP contribution in [-0.4, -0.2) is 24.6 Å². The first-order valence-electron chi connectivity index (χ1n) is 5.91. The largest absolute Gasteiger partial charge is 0.379 e. The molecule has 0 saturated heterocycles. The Morgan fingerprint density at radius 3 is 2.67 bits per heavy atom. The van der Waals surface area contributed by atoms with E-state index < -0.39 is 14.8 Å². The standard InChI is InChI=1S/C12H13N3O4S2/c1-8-13-6-10(20-8)7-14-11-4-3-9(15(16)17)5-12(11)21(2,18)19/h3-6,14H,7H2,1-2H3. The van der Waals surface area contributed by atoms with E-state index in [9.17, 15) is 18.5 Å². The molecular formula is C12H13N3O4S2. The van der Waals surface area contributed by atoms with Crippen LogP contribution in [0.1, 0.15) is 9.88 Å². The van der Waals surface area contributed by atoms with Crippen LogP contribution in [-0.2, 0) is 16.4 Å². The number of hydrogen-bond donors (Lipinski definition) is 1. The predicted octanol–water partition coefficient (Wildman–Crippen LogP) is 2.38. The van der Waals surface area contributed by atoms with Gasteiger partial charge in [0.25, 0.3) is 5.69 Å². The summed E-state index contributed by atoms with van der Waals surface area (Å²) in [5.74, 6) is 0. The highest BCUT2D eigenvalue weighted by molar-refractivity contribution is 7.90. The molecule has 0 unspecified atom stereocenters. The average molecular weight is 327 g/mol. The Balaban J connectivity index is 2.32. The summed E-state index contributed by atoms with van der Waals surface area (Å²) < 4.78 is 23.5. The number of thiazole rings is 1. The van der Waals surface area contributed by atoms with E-state index in [4.69, 9.17) is 0 Å². The van der Waals surface area contributed by atoms with Gasteiger partial charge in [-0.15, -0.1) is 11.3 Å². The average Bonchev–Trinajstić information content (AvgIpc) is 2.81. The number of benzene rings is 1. The Hall–Kier alpha value is -2.00. The molecule has 2 rings (SSSR count). The maximum atomic E-state index is 11.8. The zero-order valence-corrected chi connectivity index (χ0v) is 13.0. The number of anilines is 1. The third kappa shape index (κ3) is 3.76. The van der Waals surface area contributed by atoms with Crippen LogP contribution >= 0.6 is 11.3 Å². The molecule has 0 fully saturated rings. The molecule has 0 atom stereocenters. The Kier molecular flexibility index (Phi) is 4.24. The second-order valence-electron chi connectivity index (χ2n) is 4.41. The minimum absolute atomic E-state index is 0.0852. The second-order valence-corrected chi connectivity index (χ2v) is 7.71. The minimum atomic E-state index is -3.57. The third-order valence-corrected chi connectivity index (χ3v) is 4.75. The van der Waals surface area contributed by atoms with Crippen LogP contribution in [0.15, 0.2) is 29.3 Å². The molecule has 2 aromatic rings. The number of nitrogens with one attached hydrogen (secondary N) is 1. The number of non-ortho nitro benzene ring substituents is 1. The van der Waals surface area contributed by atoms with Gasteiger partial charge in [0.05, 0.1) is 27.1 Å². The third-order valence-electron chi connectivity index (χ3n) is 2.70. The Labute approximate surface area is 125 Å². The molecule has 0 amide bonds. The monoisotopic (exact) mass is 327 g/mol. The number of aryl methyl sites for hydroxylation is 1. The fourth-order valence-electron chi connectivity index (χ4n) is 1.75. The van der Waals surface area contributed by atoms with Crippen molar-refractivity contribution in [3.8, 4) is 0 Å². The number of nitro groups is 1. The molecule has 0 aliphatic rings.